The second-order valence-corrected chi connectivity index (χ2v) is 7.79. The number of anilines is 1. The average Bonchev–Trinajstić information content (AvgIpc) is 2.86. The van der Waals surface area contributed by atoms with Crippen LogP contribution in [0.15, 0.2) is 10.7 Å². The van der Waals surface area contributed by atoms with Crippen molar-refractivity contribution in [2.45, 2.75) is 45.4 Å². The maximum atomic E-state index is 4.80. The summed E-state index contributed by atoms with van der Waals surface area (Å²) in [5.41, 5.74) is -0.00583. The Morgan fingerprint density at radius 1 is 1.16 bits per heavy atom. The zero-order valence-corrected chi connectivity index (χ0v) is 13.6. The molecular weight excluding hydrogens is 302 g/mol. The predicted octanol–water partition coefficient (Wildman–Crippen LogP) is 3.77. The van der Waals surface area contributed by atoms with Crippen molar-refractivity contribution in [3.05, 3.63) is 16.5 Å². The molecule has 0 radical (unpaired) electrons. The van der Waals surface area contributed by atoms with E-state index in [0.29, 0.717) is 0 Å². The highest BCUT2D eigenvalue weighted by molar-refractivity contribution is 9.10. The molecule has 1 saturated carbocycles. The minimum atomic E-state index is -0.00583. The Hall–Kier alpha value is -0.640. The Morgan fingerprint density at radius 2 is 1.79 bits per heavy atom. The number of hydrogen-bond acceptors (Lipinski definition) is 3. The van der Waals surface area contributed by atoms with Crippen LogP contribution in [0.5, 0.6) is 0 Å². The number of halogens is 1. The monoisotopic (exact) mass is 323 g/mol. The van der Waals surface area contributed by atoms with Crippen LogP contribution in [0.4, 0.5) is 5.82 Å². The van der Waals surface area contributed by atoms with Crippen molar-refractivity contribution < 1.29 is 0 Å². The molecule has 2 atom stereocenters. The lowest BCUT2D eigenvalue weighted by molar-refractivity contribution is 0.494. The van der Waals surface area contributed by atoms with Crippen molar-refractivity contribution in [2.75, 3.05) is 18.0 Å². The molecule has 1 aromatic heterocycles. The van der Waals surface area contributed by atoms with E-state index in [1.54, 1.807) is 0 Å². The predicted molar refractivity (Wildman–Crippen MR) is 81.5 cm³/mol. The lowest BCUT2D eigenvalue weighted by Crippen LogP contribution is -2.24. The van der Waals surface area contributed by atoms with Crippen LogP contribution < -0.4 is 4.90 Å². The Morgan fingerprint density at radius 3 is 2.37 bits per heavy atom. The molecule has 0 bridgehead atoms. The Balaban J connectivity index is 1.87. The summed E-state index contributed by atoms with van der Waals surface area (Å²) in [6.07, 6.45) is 4.23. The second-order valence-electron chi connectivity index (χ2n) is 6.98. The Bertz CT molecular complexity index is 469. The molecule has 1 aliphatic carbocycles. The van der Waals surface area contributed by atoms with Gasteiger partial charge in [-0.15, -0.1) is 0 Å². The van der Waals surface area contributed by atoms with Gasteiger partial charge < -0.3 is 4.90 Å². The van der Waals surface area contributed by atoms with Gasteiger partial charge in [0.1, 0.15) is 16.2 Å². The molecule has 2 fully saturated rings. The first-order valence-corrected chi connectivity index (χ1v) is 8.03. The second kappa shape index (κ2) is 4.72. The van der Waals surface area contributed by atoms with Gasteiger partial charge in [-0.2, -0.15) is 0 Å². The van der Waals surface area contributed by atoms with E-state index in [1.807, 2.05) is 0 Å². The first-order valence-electron chi connectivity index (χ1n) is 7.23. The van der Waals surface area contributed by atoms with E-state index in [0.717, 1.165) is 28.1 Å². The van der Waals surface area contributed by atoms with E-state index in [2.05, 4.69) is 52.7 Å². The first-order chi connectivity index (χ1) is 8.93. The highest BCUT2D eigenvalue weighted by Crippen LogP contribution is 2.39. The smallest absolute Gasteiger partial charge is 0.137 e. The normalized spacial score (nSPS) is 26.8. The molecule has 1 aliphatic heterocycles. The minimum absolute atomic E-state index is 0.00583. The summed E-state index contributed by atoms with van der Waals surface area (Å²) in [4.78, 5) is 11.8. The van der Waals surface area contributed by atoms with E-state index in [1.165, 1.54) is 32.4 Å². The van der Waals surface area contributed by atoms with Gasteiger partial charge in [0, 0.05) is 24.6 Å². The van der Waals surface area contributed by atoms with Gasteiger partial charge in [0.15, 0.2) is 0 Å². The molecule has 0 N–H and O–H groups in total. The summed E-state index contributed by atoms with van der Waals surface area (Å²) >= 11 is 3.54. The molecule has 4 heteroatoms. The van der Waals surface area contributed by atoms with Gasteiger partial charge >= 0.3 is 0 Å². The van der Waals surface area contributed by atoms with Crippen LogP contribution in [-0.2, 0) is 5.41 Å². The fourth-order valence-corrected chi connectivity index (χ4v) is 3.70. The average molecular weight is 324 g/mol. The van der Waals surface area contributed by atoms with Gasteiger partial charge in [-0.1, -0.05) is 27.2 Å². The fraction of sp³-hybridized carbons (Fsp3) is 0.733. The Labute approximate surface area is 124 Å². The van der Waals surface area contributed by atoms with Crippen LogP contribution in [0.3, 0.4) is 0 Å². The molecule has 0 aromatic carbocycles. The maximum Gasteiger partial charge on any atom is 0.137 e. The third kappa shape index (κ3) is 2.64. The molecule has 3 rings (SSSR count). The minimum Gasteiger partial charge on any atom is -0.356 e. The summed E-state index contributed by atoms with van der Waals surface area (Å²) in [7, 11) is 0. The molecule has 2 aliphatic rings. The van der Waals surface area contributed by atoms with Gasteiger partial charge in [-0.05, 0) is 40.6 Å². The van der Waals surface area contributed by atoms with Crippen LogP contribution in [0, 0.1) is 11.8 Å². The largest absolute Gasteiger partial charge is 0.356 e. The SMILES string of the molecule is CC(C)(C)c1nc(Br)cc(N2CC3CCCC3C2)n1. The van der Waals surface area contributed by atoms with Gasteiger partial charge in [-0.3, -0.25) is 0 Å². The van der Waals surface area contributed by atoms with Gasteiger partial charge in [-0.25, -0.2) is 9.97 Å². The molecule has 104 valence electrons. The first kappa shape index (κ1) is 13.3. The third-order valence-corrected chi connectivity index (χ3v) is 4.81. The van der Waals surface area contributed by atoms with E-state index in [4.69, 9.17) is 4.98 Å². The van der Waals surface area contributed by atoms with Crippen molar-refractivity contribution in [3.63, 3.8) is 0 Å². The fourth-order valence-electron chi connectivity index (χ4n) is 3.33. The van der Waals surface area contributed by atoms with Crippen molar-refractivity contribution in [1.82, 2.24) is 9.97 Å². The molecular formula is C15H22BrN3. The van der Waals surface area contributed by atoms with Crippen molar-refractivity contribution in [2.24, 2.45) is 11.8 Å². The molecule has 2 heterocycles. The highest BCUT2D eigenvalue weighted by atomic mass is 79.9. The van der Waals surface area contributed by atoms with Gasteiger partial charge in [0.2, 0.25) is 0 Å². The molecule has 0 amide bonds. The molecule has 1 saturated heterocycles. The summed E-state index contributed by atoms with van der Waals surface area (Å²) in [5, 5.41) is 0. The van der Waals surface area contributed by atoms with Crippen molar-refractivity contribution in [3.8, 4) is 0 Å². The molecule has 1 aromatic rings. The summed E-state index contributed by atoms with van der Waals surface area (Å²) < 4.78 is 0.902. The molecule has 3 nitrogen and oxygen atoms in total. The highest BCUT2D eigenvalue weighted by Gasteiger charge is 2.37. The molecule has 0 spiro atoms. The van der Waals surface area contributed by atoms with Gasteiger partial charge in [0.05, 0.1) is 0 Å². The number of nitrogens with zero attached hydrogens (tertiary/aromatic N) is 3. The zero-order chi connectivity index (χ0) is 13.6. The molecule has 19 heavy (non-hydrogen) atoms. The lowest BCUT2D eigenvalue weighted by atomic mass is 9.96. The van der Waals surface area contributed by atoms with E-state index in [9.17, 15) is 0 Å². The lowest BCUT2D eigenvalue weighted by Gasteiger charge is -2.22. The van der Waals surface area contributed by atoms with E-state index < -0.39 is 0 Å². The van der Waals surface area contributed by atoms with Crippen LogP contribution in [-0.4, -0.2) is 23.1 Å². The summed E-state index contributed by atoms with van der Waals surface area (Å²) in [6, 6.07) is 2.07. The number of aromatic nitrogens is 2. The quantitative estimate of drug-likeness (QED) is 0.736. The topological polar surface area (TPSA) is 29.0 Å². The van der Waals surface area contributed by atoms with Gasteiger partial charge in [0.25, 0.3) is 0 Å². The number of rotatable bonds is 1. The van der Waals surface area contributed by atoms with Crippen molar-refractivity contribution in [1.29, 1.82) is 0 Å². The van der Waals surface area contributed by atoms with E-state index in [-0.39, 0.29) is 5.41 Å². The van der Waals surface area contributed by atoms with Crippen LogP contribution >= 0.6 is 15.9 Å². The maximum absolute atomic E-state index is 4.80. The number of hydrogen-bond donors (Lipinski definition) is 0. The summed E-state index contributed by atoms with van der Waals surface area (Å²) in [6.45, 7) is 8.85. The van der Waals surface area contributed by atoms with Crippen molar-refractivity contribution >= 4 is 21.7 Å². The van der Waals surface area contributed by atoms with Crippen LogP contribution in [0.2, 0.25) is 0 Å². The number of fused-ring (bicyclic) bond motifs is 1. The standard InChI is InChI=1S/C15H22BrN3/c1-15(2,3)14-17-12(16)7-13(18-14)19-8-10-5-4-6-11(10)9-19/h7,10-11H,4-6,8-9H2,1-3H3. The van der Waals surface area contributed by atoms with Crippen LogP contribution in [0.25, 0.3) is 0 Å². The van der Waals surface area contributed by atoms with E-state index >= 15 is 0 Å². The Kier molecular flexibility index (Phi) is 3.32. The molecule has 2 unspecified atom stereocenters. The van der Waals surface area contributed by atoms with Crippen LogP contribution in [0.1, 0.15) is 45.9 Å². The summed E-state index contributed by atoms with van der Waals surface area (Å²) in [5.74, 6) is 3.81. The third-order valence-electron chi connectivity index (χ3n) is 4.40. The zero-order valence-electron chi connectivity index (χ0n) is 12.0.